The van der Waals surface area contributed by atoms with Crippen LogP contribution in [0, 0.1) is 0 Å². The van der Waals surface area contributed by atoms with Crippen LogP contribution in [0.1, 0.15) is 23.9 Å². The van der Waals surface area contributed by atoms with E-state index in [2.05, 4.69) is 26.3 Å². The molecule has 0 saturated carbocycles. The molecule has 1 atom stereocenters. The van der Waals surface area contributed by atoms with Crippen LogP contribution >= 0.6 is 24.0 Å². The summed E-state index contributed by atoms with van der Waals surface area (Å²) in [5.74, 6) is 2.09. The van der Waals surface area contributed by atoms with Crippen LogP contribution in [0.4, 0.5) is 0 Å². The molecule has 2 heterocycles. The van der Waals surface area contributed by atoms with Gasteiger partial charge in [-0.15, -0.1) is 24.0 Å². The predicted octanol–water partition coefficient (Wildman–Crippen LogP) is 3.62. The van der Waals surface area contributed by atoms with E-state index in [1.54, 1.807) is 0 Å². The highest BCUT2D eigenvalue weighted by Gasteiger charge is 2.21. The smallest absolute Gasteiger partial charge is 0.189 e. The summed E-state index contributed by atoms with van der Waals surface area (Å²) in [6.45, 7) is 1.07. The van der Waals surface area contributed by atoms with Gasteiger partial charge >= 0.3 is 0 Å². The summed E-state index contributed by atoms with van der Waals surface area (Å²) in [6, 6.07) is 18.2. The number of hydrogen-bond donors (Lipinski definition) is 3. The van der Waals surface area contributed by atoms with E-state index < -0.39 is 0 Å². The highest BCUT2D eigenvalue weighted by Crippen LogP contribution is 2.31. The standard InChI is InChI=1S/C20H21N5O.HI/c21-20(25-16-10-11-26-18-9-5-4-8-15(16)18)23-13-19-22-12-17(24-19)14-6-2-1-3-7-14;/h1-9,12,16H,10-11,13H2,(H,22,24)(H3,21,23,25);1H. The second-order valence-corrected chi connectivity index (χ2v) is 6.18. The molecule has 0 spiro atoms. The Morgan fingerprint density at radius 1 is 1.19 bits per heavy atom. The van der Waals surface area contributed by atoms with Crippen molar-refractivity contribution >= 4 is 29.9 Å². The van der Waals surface area contributed by atoms with Crippen LogP contribution in [0.25, 0.3) is 11.3 Å². The monoisotopic (exact) mass is 475 g/mol. The number of fused-ring (bicyclic) bond motifs is 1. The first-order valence-corrected chi connectivity index (χ1v) is 8.67. The number of aliphatic imine (C=N–C) groups is 1. The molecule has 27 heavy (non-hydrogen) atoms. The van der Waals surface area contributed by atoms with Gasteiger partial charge < -0.3 is 20.8 Å². The molecule has 7 heteroatoms. The molecule has 0 aliphatic carbocycles. The Morgan fingerprint density at radius 2 is 1.96 bits per heavy atom. The lowest BCUT2D eigenvalue weighted by atomic mass is 10.0. The van der Waals surface area contributed by atoms with Gasteiger partial charge in [0.25, 0.3) is 0 Å². The average molecular weight is 475 g/mol. The van der Waals surface area contributed by atoms with E-state index in [1.807, 2.05) is 54.7 Å². The molecule has 3 aromatic rings. The normalized spacial score (nSPS) is 16.0. The van der Waals surface area contributed by atoms with Crippen LogP contribution in [0.15, 0.2) is 65.8 Å². The number of imidazole rings is 1. The van der Waals surface area contributed by atoms with Gasteiger partial charge in [0.1, 0.15) is 18.1 Å². The van der Waals surface area contributed by atoms with Crippen molar-refractivity contribution in [3.05, 3.63) is 72.2 Å². The minimum atomic E-state index is 0. The highest BCUT2D eigenvalue weighted by molar-refractivity contribution is 14.0. The highest BCUT2D eigenvalue weighted by atomic mass is 127. The number of halogens is 1. The molecular weight excluding hydrogens is 453 g/mol. The number of aromatic amines is 1. The maximum atomic E-state index is 6.08. The number of hydrogen-bond acceptors (Lipinski definition) is 3. The molecule has 0 radical (unpaired) electrons. The lowest BCUT2D eigenvalue weighted by Gasteiger charge is -2.26. The van der Waals surface area contributed by atoms with Gasteiger partial charge in [0, 0.05) is 12.0 Å². The third kappa shape index (κ3) is 4.60. The number of benzene rings is 2. The fraction of sp³-hybridized carbons (Fsp3) is 0.200. The first kappa shape index (κ1) is 19.2. The van der Waals surface area contributed by atoms with Gasteiger partial charge in [-0.25, -0.2) is 9.98 Å². The molecule has 4 rings (SSSR count). The maximum Gasteiger partial charge on any atom is 0.189 e. The molecule has 2 aromatic carbocycles. The second kappa shape index (κ2) is 8.90. The molecule has 1 unspecified atom stereocenters. The second-order valence-electron chi connectivity index (χ2n) is 6.18. The Bertz CT molecular complexity index is 910. The number of H-pyrrole nitrogens is 1. The number of guanidine groups is 1. The molecule has 0 amide bonds. The molecule has 1 aliphatic heterocycles. The van der Waals surface area contributed by atoms with E-state index in [9.17, 15) is 0 Å². The minimum Gasteiger partial charge on any atom is -0.493 e. The molecule has 1 aliphatic rings. The summed E-state index contributed by atoms with van der Waals surface area (Å²) in [7, 11) is 0. The van der Waals surface area contributed by atoms with E-state index in [1.165, 1.54) is 0 Å². The van der Waals surface area contributed by atoms with Gasteiger partial charge in [-0.05, 0) is 11.6 Å². The molecule has 0 bridgehead atoms. The van der Waals surface area contributed by atoms with Crippen molar-refractivity contribution < 1.29 is 4.74 Å². The predicted molar refractivity (Wildman–Crippen MR) is 117 cm³/mol. The summed E-state index contributed by atoms with van der Waals surface area (Å²) in [5, 5.41) is 3.29. The summed E-state index contributed by atoms with van der Waals surface area (Å²) in [4.78, 5) is 12.1. The fourth-order valence-corrected chi connectivity index (χ4v) is 3.08. The summed E-state index contributed by atoms with van der Waals surface area (Å²) in [5.41, 5.74) is 9.27. The van der Waals surface area contributed by atoms with Crippen molar-refractivity contribution in [2.75, 3.05) is 6.61 Å². The third-order valence-electron chi connectivity index (χ3n) is 4.39. The first-order chi connectivity index (χ1) is 12.8. The van der Waals surface area contributed by atoms with E-state index in [4.69, 9.17) is 10.5 Å². The number of rotatable bonds is 4. The van der Waals surface area contributed by atoms with E-state index in [0.717, 1.165) is 34.8 Å². The van der Waals surface area contributed by atoms with Crippen LogP contribution < -0.4 is 15.8 Å². The van der Waals surface area contributed by atoms with Crippen molar-refractivity contribution in [3.8, 4) is 17.0 Å². The van der Waals surface area contributed by atoms with Gasteiger partial charge in [-0.3, -0.25) is 0 Å². The number of para-hydroxylation sites is 1. The quantitative estimate of drug-likeness (QED) is 0.306. The number of nitrogens with zero attached hydrogens (tertiary/aromatic N) is 2. The molecule has 0 fully saturated rings. The van der Waals surface area contributed by atoms with Crippen LogP contribution in [-0.2, 0) is 6.54 Å². The third-order valence-corrected chi connectivity index (χ3v) is 4.39. The number of nitrogens with two attached hydrogens (primary N) is 1. The number of ether oxygens (including phenoxy) is 1. The van der Waals surface area contributed by atoms with Gasteiger partial charge in [-0.1, -0.05) is 48.5 Å². The lowest BCUT2D eigenvalue weighted by Crippen LogP contribution is -2.37. The van der Waals surface area contributed by atoms with Crippen molar-refractivity contribution in [3.63, 3.8) is 0 Å². The molecule has 0 saturated heterocycles. The summed E-state index contributed by atoms with van der Waals surface area (Å²) in [6.07, 6.45) is 2.67. The zero-order valence-corrected chi connectivity index (χ0v) is 17.1. The zero-order chi connectivity index (χ0) is 17.8. The van der Waals surface area contributed by atoms with Gasteiger partial charge in [-0.2, -0.15) is 0 Å². The topological polar surface area (TPSA) is 88.3 Å². The van der Waals surface area contributed by atoms with Gasteiger partial charge in [0.05, 0.1) is 24.5 Å². The minimum absolute atomic E-state index is 0. The average Bonchev–Trinajstić information content (AvgIpc) is 3.17. The van der Waals surface area contributed by atoms with E-state index in [0.29, 0.717) is 19.1 Å². The van der Waals surface area contributed by atoms with Crippen molar-refractivity contribution in [2.45, 2.75) is 19.0 Å². The lowest BCUT2D eigenvalue weighted by molar-refractivity contribution is 0.262. The van der Waals surface area contributed by atoms with Crippen LogP contribution in [0.3, 0.4) is 0 Å². The Morgan fingerprint density at radius 3 is 2.81 bits per heavy atom. The molecule has 4 N–H and O–H groups in total. The number of aromatic nitrogens is 2. The first-order valence-electron chi connectivity index (χ1n) is 8.67. The Balaban J connectivity index is 0.00000210. The molecule has 6 nitrogen and oxygen atoms in total. The molecule has 1 aromatic heterocycles. The van der Waals surface area contributed by atoms with Crippen molar-refractivity contribution in [1.29, 1.82) is 0 Å². The Hall–Kier alpha value is -2.55. The maximum absolute atomic E-state index is 6.08. The van der Waals surface area contributed by atoms with Crippen LogP contribution in [0.5, 0.6) is 5.75 Å². The fourth-order valence-electron chi connectivity index (χ4n) is 3.08. The van der Waals surface area contributed by atoms with Gasteiger partial charge in [0.2, 0.25) is 0 Å². The van der Waals surface area contributed by atoms with Crippen LogP contribution in [0.2, 0.25) is 0 Å². The zero-order valence-electron chi connectivity index (χ0n) is 14.8. The molecule has 140 valence electrons. The summed E-state index contributed by atoms with van der Waals surface area (Å²) < 4.78 is 5.67. The summed E-state index contributed by atoms with van der Waals surface area (Å²) >= 11 is 0. The van der Waals surface area contributed by atoms with E-state index in [-0.39, 0.29) is 30.0 Å². The Kier molecular flexibility index (Phi) is 6.33. The van der Waals surface area contributed by atoms with Crippen LogP contribution in [-0.4, -0.2) is 22.5 Å². The Labute approximate surface area is 175 Å². The largest absolute Gasteiger partial charge is 0.493 e. The van der Waals surface area contributed by atoms with Crippen molar-refractivity contribution in [2.24, 2.45) is 10.7 Å². The number of nitrogens with one attached hydrogen (secondary N) is 2. The van der Waals surface area contributed by atoms with Crippen molar-refractivity contribution in [1.82, 2.24) is 15.3 Å². The SMILES string of the molecule is I.NC(=NCc1ncc(-c2ccccc2)[nH]1)NC1CCOc2ccccc21. The van der Waals surface area contributed by atoms with E-state index >= 15 is 0 Å². The molecular formula is C20H22IN5O. The van der Waals surface area contributed by atoms with Gasteiger partial charge in [0.15, 0.2) is 5.96 Å².